The molecule has 10 heteroatoms. The van der Waals surface area contributed by atoms with Crippen LogP contribution in [0.4, 0.5) is 0 Å². The first-order valence-electron chi connectivity index (χ1n) is 7.98. The average molecular weight is 358 g/mol. The van der Waals surface area contributed by atoms with Gasteiger partial charge in [-0.05, 0) is 6.92 Å². The maximum absolute atomic E-state index is 12.6. The second-order valence-corrected chi connectivity index (χ2v) is 7.95. The molecule has 24 heavy (non-hydrogen) atoms. The third kappa shape index (κ3) is 3.77. The number of ether oxygens (including phenoxy) is 1. The van der Waals surface area contributed by atoms with Crippen LogP contribution in [0.5, 0.6) is 0 Å². The summed E-state index contributed by atoms with van der Waals surface area (Å²) in [6, 6.07) is 1.17. The van der Waals surface area contributed by atoms with Crippen molar-refractivity contribution in [2.24, 2.45) is 0 Å². The van der Waals surface area contributed by atoms with Gasteiger partial charge >= 0.3 is 0 Å². The van der Waals surface area contributed by atoms with Crippen LogP contribution >= 0.6 is 0 Å². The minimum Gasteiger partial charge on any atom is -0.375 e. The summed E-state index contributed by atoms with van der Waals surface area (Å²) >= 11 is 0. The SMILES string of the molecule is C[C@H]1OCCN[C@@H]1C(=O)N1CCN(S(=O)(=O)Cc2ccon2)CC1. The summed E-state index contributed by atoms with van der Waals surface area (Å²) in [6.45, 7) is 4.43. The molecule has 9 nitrogen and oxygen atoms in total. The van der Waals surface area contributed by atoms with Crippen LogP contribution in [-0.4, -0.2) is 80.2 Å². The van der Waals surface area contributed by atoms with E-state index in [2.05, 4.69) is 15.0 Å². The predicted molar refractivity (Wildman–Crippen MR) is 84.5 cm³/mol. The summed E-state index contributed by atoms with van der Waals surface area (Å²) in [6.07, 6.45) is 1.17. The number of rotatable bonds is 4. The Labute approximate surface area is 141 Å². The molecule has 2 aliphatic rings. The minimum atomic E-state index is -3.46. The summed E-state index contributed by atoms with van der Waals surface area (Å²) in [7, 11) is -3.46. The van der Waals surface area contributed by atoms with E-state index in [9.17, 15) is 13.2 Å². The molecule has 3 heterocycles. The van der Waals surface area contributed by atoms with Crippen LogP contribution in [0.3, 0.4) is 0 Å². The number of aromatic nitrogens is 1. The average Bonchev–Trinajstić information content (AvgIpc) is 3.07. The summed E-state index contributed by atoms with van der Waals surface area (Å²) in [5, 5.41) is 6.81. The van der Waals surface area contributed by atoms with Crippen LogP contribution in [0.25, 0.3) is 0 Å². The van der Waals surface area contributed by atoms with Crippen LogP contribution in [0.15, 0.2) is 16.9 Å². The van der Waals surface area contributed by atoms with E-state index in [1.165, 1.54) is 16.6 Å². The Bertz CT molecular complexity index is 655. The van der Waals surface area contributed by atoms with Gasteiger partial charge in [-0.2, -0.15) is 4.31 Å². The van der Waals surface area contributed by atoms with Crippen molar-refractivity contribution >= 4 is 15.9 Å². The molecule has 2 atom stereocenters. The molecule has 0 unspecified atom stereocenters. The van der Waals surface area contributed by atoms with Crippen molar-refractivity contribution in [2.75, 3.05) is 39.3 Å². The number of hydrogen-bond acceptors (Lipinski definition) is 7. The van der Waals surface area contributed by atoms with E-state index in [1.807, 2.05) is 6.92 Å². The fourth-order valence-electron chi connectivity index (χ4n) is 2.98. The summed E-state index contributed by atoms with van der Waals surface area (Å²) in [5.74, 6) is -0.220. The topological polar surface area (TPSA) is 105 Å². The van der Waals surface area contributed by atoms with Crippen LogP contribution in [0.2, 0.25) is 0 Å². The predicted octanol–water partition coefficient (Wildman–Crippen LogP) is -0.974. The van der Waals surface area contributed by atoms with E-state index in [4.69, 9.17) is 4.74 Å². The minimum absolute atomic E-state index is 0.0317. The van der Waals surface area contributed by atoms with Gasteiger partial charge in [0.25, 0.3) is 0 Å². The molecule has 0 saturated carbocycles. The Morgan fingerprint density at radius 3 is 2.75 bits per heavy atom. The van der Waals surface area contributed by atoms with Gasteiger partial charge in [-0.3, -0.25) is 4.79 Å². The Kier molecular flexibility index (Phi) is 5.18. The molecule has 1 aromatic heterocycles. The van der Waals surface area contributed by atoms with Gasteiger partial charge in [0.05, 0.1) is 18.4 Å². The lowest BCUT2D eigenvalue weighted by Crippen LogP contribution is -2.60. The zero-order valence-corrected chi connectivity index (χ0v) is 14.4. The summed E-state index contributed by atoms with van der Waals surface area (Å²) in [4.78, 5) is 14.3. The molecule has 1 amide bonds. The zero-order valence-electron chi connectivity index (χ0n) is 13.6. The molecule has 2 aliphatic heterocycles. The molecular weight excluding hydrogens is 336 g/mol. The molecule has 1 N–H and O–H groups in total. The highest BCUT2D eigenvalue weighted by molar-refractivity contribution is 7.88. The molecule has 134 valence electrons. The zero-order chi connectivity index (χ0) is 17.2. The molecule has 3 rings (SSSR count). The number of nitrogens with zero attached hydrogens (tertiary/aromatic N) is 3. The third-order valence-electron chi connectivity index (χ3n) is 4.35. The van der Waals surface area contributed by atoms with Gasteiger partial charge in [0.2, 0.25) is 15.9 Å². The highest BCUT2D eigenvalue weighted by atomic mass is 32.2. The van der Waals surface area contributed by atoms with Crippen molar-refractivity contribution in [1.29, 1.82) is 0 Å². The Morgan fingerprint density at radius 1 is 1.38 bits per heavy atom. The molecule has 0 bridgehead atoms. The largest absolute Gasteiger partial charge is 0.375 e. The maximum atomic E-state index is 12.6. The van der Waals surface area contributed by atoms with Crippen LogP contribution < -0.4 is 5.32 Å². The van der Waals surface area contributed by atoms with E-state index >= 15 is 0 Å². The van der Waals surface area contributed by atoms with Gasteiger partial charge in [0.1, 0.15) is 18.1 Å². The number of hydrogen-bond donors (Lipinski definition) is 1. The van der Waals surface area contributed by atoms with Gasteiger partial charge in [-0.1, -0.05) is 5.16 Å². The lowest BCUT2D eigenvalue weighted by atomic mass is 10.1. The van der Waals surface area contributed by atoms with Crippen molar-refractivity contribution < 1.29 is 22.5 Å². The Morgan fingerprint density at radius 2 is 2.12 bits per heavy atom. The molecule has 0 aromatic carbocycles. The van der Waals surface area contributed by atoms with Gasteiger partial charge in [0, 0.05) is 38.8 Å². The Balaban J connectivity index is 1.56. The van der Waals surface area contributed by atoms with Crippen molar-refractivity contribution in [3.8, 4) is 0 Å². The second kappa shape index (κ2) is 7.18. The Hall–Kier alpha value is -1.49. The fourth-order valence-corrected chi connectivity index (χ4v) is 4.41. The molecule has 0 aliphatic carbocycles. The van der Waals surface area contributed by atoms with E-state index in [0.29, 0.717) is 31.9 Å². The molecule has 2 saturated heterocycles. The van der Waals surface area contributed by atoms with E-state index < -0.39 is 10.0 Å². The molecule has 0 spiro atoms. The smallest absolute Gasteiger partial charge is 0.242 e. The van der Waals surface area contributed by atoms with Crippen molar-refractivity contribution in [3.63, 3.8) is 0 Å². The molecular formula is C14H22N4O5S. The van der Waals surface area contributed by atoms with Gasteiger partial charge in [-0.15, -0.1) is 0 Å². The second-order valence-electron chi connectivity index (χ2n) is 5.98. The number of carbonyl (C=O) groups excluding carboxylic acids is 1. The summed E-state index contributed by atoms with van der Waals surface area (Å²) in [5.41, 5.74) is 0.380. The van der Waals surface area contributed by atoms with E-state index in [0.717, 1.165) is 0 Å². The van der Waals surface area contributed by atoms with Gasteiger partial charge < -0.3 is 19.5 Å². The number of amides is 1. The van der Waals surface area contributed by atoms with Gasteiger partial charge in [0.15, 0.2) is 0 Å². The van der Waals surface area contributed by atoms with E-state index in [1.54, 1.807) is 4.90 Å². The first kappa shape index (κ1) is 17.3. The highest BCUT2D eigenvalue weighted by Crippen LogP contribution is 2.15. The maximum Gasteiger partial charge on any atom is 0.242 e. The number of carbonyl (C=O) groups is 1. The number of nitrogens with one attached hydrogen (secondary N) is 1. The first-order chi connectivity index (χ1) is 11.5. The summed E-state index contributed by atoms with van der Waals surface area (Å²) < 4.78 is 36.4. The van der Waals surface area contributed by atoms with Crippen LogP contribution in [-0.2, 0) is 25.3 Å². The quantitative estimate of drug-likeness (QED) is 0.738. The molecule has 2 fully saturated rings. The monoisotopic (exact) mass is 358 g/mol. The van der Waals surface area contributed by atoms with Crippen molar-refractivity contribution in [1.82, 2.24) is 19.7 Å². The number of sulfonamides is 1. The number of piperazine rings is 1. The molecule has 0 radical (unpaired) electrons. The van der Waals surface area contributed by atoms with Crippen LogP contribution in [0, 0.1) is 0 Å². The lowest BCUT2D eigenvalue weighted by molar-refractivity contribution is -0.140. The van der Waals surface area contributed by atoms with E-state index in [-0.39, 0.29) is 36.9 Å². The number of morpholine rings is 1. The highest BCUT2D eigenvalue weighted by Gasteiger charge is 2.35. The third-order valence-corrected chi connectivity index (χ3v) is 6.16. The van der Waals surface area contributed by atoms with Gasteiger partial charge in [-0.25, -0.2) is 8.42 Å². The normalized spacial score (nSPS) is 26.5. The molecule has 1 aromatic rings. The van der Waals surface area contributed by atoms with Crippen LogP contribution in [0.1, 0.15) is 12.6 Å². The first-order valence-corrected chi connectivity index (χ1v) is 9.59. The lowest BCUT2D eigenvalue weighted by Gasteiger charge is -2.38. The fraction of sp³-hybridized carbons (Fsp3) is 0.714. The van der Waals surface area contributed by atoms with Crippen molar-refractivity contribution in [2.45, 2.75) is 24.8 Å². The van der Waals surface area contributed by atoms with Crippen molar-refractivity contribution in [3.05, 3.63) is 18.0 Å². The standard InChI is InChI=1S/C14H22N4O5S/c1-11-13(15-3-9-22-11)14(19)17-4-6-18(7-5-17)24(20,21)10-12-2-8-23-16-12/h2,8,11,13,15H,3-7,9-10H2,1H3/t11-,13+/m1/s1.